The van der Waals surface area contributed by atoms with E-state index in [1.165, 1.54) is 11.1 Å². The number of hydrogen-bond donors (Lipinski definition) is 0. The first-order valence-electron chi connectivity index (χ1n) is 5.21. The average Bonchev–Trinajstić information content (AvgIpc) is 2.94. The van der Waals surface area contributed by atoms with E-state index in [0.717, 1.165) is 12.8 Å². The summed E-state index contributed by atoms with van der Waals surface area (Å²) in [6.07, 6.45) is 2.16. The van der Waals surface area contributed by atoms with Gasteiger partial charge in [-0.05, 0) is 24.8 Å². The molecule has 2 rings (SSSR count). The van der Waals surface area contributed by atoms with E-state index in [-0.39, 0.29) is 5.41 Å². The molecular weight excluding hydrogens is 170 g/mol. The number of nitriles is 1. The first kappa shape index (κ1) is 9.27. The van der Waals surface area contributed by atoms with Gasteiger partial charge in [-0.25, -0.2) is 0 Å². The van der Waals surface area contributed by atoms with E-state index in [9.17, 15) is 5.26 Å². The van der Waals surface area contributed by atoms with E-state index >= 15 is 0 Å². The smallest absolute Gasteiger partial charge is 0.0854 e. The summed E-state index contributed by atoms with van der Waals surface area (Å²) < 4.78 is 0. The molecule has 0 N–H and O–H groups in total. The molecule has 72 valence electrons. The Balaban J connectivity index is 2.32. The normalized spacial score (nSPS) is 29.6. The summed E-state index contributed by atoms with van der Waals surface area (Å²) in [6, 6.07) is 10.9. The van der Waals surface area contributed by atoms with Crippen LogP contribution < -0.4 is 0 Å². The van der Waals surface area contributed by atoms with Crippen LogP contribution in [0.2, 0.25) is 0 Å². The lowest BCUT2D eigenvalue weighted by atomic mass is 9.93. The SMILES string of the molecule is CCC1CC1(C#N)c1ccc(C)cc1. The topological polar surface area (TPSA) is 23.8 Å². The molecule has 0 aromatic heterocycles. The second-order valence-corrected chi connectivity index (χ2v) is 4.26. The van der Waals surface area contributed by atoms with Crippen molar-refractivity contribution in [3.8, 4) is 6.07 Å². The third kappa shape index (κ3) is 1.23. The zero-order valence-corrected chi connectivity index (χ0v) is 8.75. The van der Waals surface area contributed by atoms with Crippen LogP contribution in [0.5, 0.6) is 0 Å². The maximum atomic E-state index is 9.23. The van der Waals surface area contributed by atoms with Gasteiger partial charge in [0.2, 0.25) is 0 Å². The fraction of sp³-hybridized carbons (Fsp3) is 0.462. The fourth-order valence-electron chi connectivity index (χ4n) is 2.23. The Hall–Kier alpha value is -1.29. The number of benzene rings is 1. The van der Waals surface area contributed by atoms with Gasteiger partial charge in [-0.3, -0.25) is 0 Å². The first-order chi connectivity index (χ1) is 6.73. The molecule has 14 heavy (non-hydrogen) atoms. The van der Waals surface area contributed by atoms with Crippen molar-refractivity contribution >= 4 is 0 Å². The summed E-state index contributed by atoms with van der Waals surface area (Å²) in [5, 5.41) is 9.23. The molecule has 0 heterocycles. The molecule has 0 spiro atoms. The molecule has 2 unspecified atom stereocenters. The van der Waals surface area contributed by atoms with Gasteiger partial charge in [-0.2, -0.15) is 5.26 Å². The van der Waals surface area contributed by atoms with Gasteiger partial charge >= 0.3 is 0 Å². The second kappa shape index (κ2) is 3.13. The molecule has 1 aliphatic carbocycles. The Morgan fingerprint density at radius 1 is 1.43 bits per heavy atom. The molecule has 0 aliphatic heterocycles. The van der Waals surface area contributed by atoms with Crippen molar-refractivity contribution in [2.45, 2.75) is 32.1 Å². The molecule has 1 fully saturated rings. The maximum absolute atomic E-state index is 9.23. The van der Waals surface area contributed by atoms with Crippen molar-refractivity contribution in [1.82, 2.24) is 0 Å². The van der Waals surface area contributed by atoms with Crippen LogP contribution in [0, 0.1) is 24.2 Å². The summed E-state index contributed by atoms with van der Waals surface area (Å²) in [6.45, 7) is 4.24. The summed E-state index contributed by atoms with van der Waals surface area (Å²) >= 11 is 0. The third-order valence-electron chi connectivity index (χ3n) is 3.36. The number of hydrogen-bond acceptors (Lipinski definition) is 1. The third-order valence-corrected chi connectivity index (χ3v) is 3.36. The average molecular weight is 185 g/mol. The van der Waals surface area contributed by atoms with Gasteiger partial charge in [0.1, 0.15) is 0 Å². The molecule has 1 aliphatic rings. The molecule has 1 nitrogen and oxygen atoms in total. The van der Waals surface area contributed by atoms with Crippen LogP contribution in [0.3, 0.4) is 0 Å². The summed E-state index contributed by atoms with van der Waals surface area (Å²) in [5.74, 6) is 0.579. The highest BCUT2D eigenvalue weighted by atomic mass is 14.6. The molecule has 1 saturated carbocycles. The minimum absolute atomic E-state index is 0.150. The largest absolute Gasteiger partial charge is 0.197 e. The van der Waals surface area contributed by atoms with E-state index in [4.69, 9.17) is 0 Å². The van der Waals surface area contributed by atoms with Gasteiger partial charge < -0.3 is 0 Å². The summed E-state index contributed by atoms with van der Waals surface area (Å²) in [4.78, 5) is 0. The van der Waals surface area contributed by atoms with Gasteiger partial charge in [-0.15, -0.1) is 0 Å². The Morgan fingerprint density at radius 2 is 2.07 bits per heavy atom. The van der Waals surface area contributed by atoms with Crippen LogP contribution in [-0.4, -0.2) is 0 Å². The molecular formula is C13H15N. The van der Waals surface area contributed by atoms with Crippen molar-refractivity contribution in [2.75, 3.05) is 0 Å². The van der Waals surface area contributed by atoms with Crippen LogP contribution in [0.4, 0.5) is 0 Å². The Kier molecular flexibility index (Phi) is 2.07. The highest BCUT2D eigenvalue weighted by molar-refractivity contribution is 5.42. The van der Waals surface area contributed by atoms with Gasteiger partial charge in [0, 0.05) is 0 Å². The van der Waals surface area contributed by atoms with Gasteiger partial charge in [-0.1, -0.05) is 43.2 Å². The molecule has 1 aromatic carbocycles. The molecule has 2 atom stereocenters. The lowest BCUT2D eigenvalue weighted by Crippen LogP contribution is -2.06. The zero-order valence-electron chi connectivity index (χ0n) is 8.75. The number of rotatable bonds is 2. The van der Waals surface area contributed by atoms with Crippen LogP contribution >= 0.6 is 0 Å². The minimum Gasteiger partial charge on any atom is -0.197 e. The lowest BCUT2D eigenvalue weighted by molar-refractivity contribution is 0.701. The van der Waals surface area contributed by atoms with E-state index in [2.05, 4.69) is 44.2 Å². The maximum Gasteiger partial charge on any atom is 0.0854 e. The molecule has 0 bridgehead atoms. The Labute approximate surface area is 85.4 Å². The van der Waals surface area contributed by atoms with Crippen molar-refractivity contribution in [1.29, 1.82) is 5.26 Å². The number of aryl methyl sites for hydroxylation is 1. The second-order valence-electron chi connectivity index (χ2n) is 4.26. The van der Waals surface area contributed by atoms with E-state index in [1.807, 2.05) is 0 Å². The predicted molar refractivity (Wildman–Crippen MR) is 56.9 cm³/mol. The van der Waals surface area contributed by atoms with Crippen molar-refractivity contribution < 1.29 is 0 Å². The molecule has 0 saturated heterocycles. The van der Waals surface area contributed by atoms with Crippen molar-refractivity contribution in [2.24, 2.45) is 5.92 Å². The van der Waals surface area contributed by atoms with Crippen LogP contribution in [0.1, 0.15) is 30.9 Å². The van der Waals surface area contributed by atoms with Crippen LogP contribution in [-0.2, 0) is 5.41 Å². The Morgan fingerprint density at radius 3 is 2.50 bits per heavy atom. The number of nitrogens with zero attached hydrogens (tertiary/aromatic N) is 1. The minimum atomic E-state index is -0.150. The predicted octanol–water partition coefficient (Wildman–Crippen LogP) is 3.19. The zero-order chi connectivity index (χ0) is 10.2. The highest BCUT2D eigenvalue weighted by Gasteiger charge is 2.54. The quantitative estimate of drug-likeness (QED) is 0.694. The van der Waals surface area contributed by atoms with Crippen molar-refractivity contribution in [3.05, 3.63) is 35.4 Å². The highest BCUT2D eigenvalue weighted by Crippen LogP contribution is 2.55. The van der Waals surface area contributed by atoms with Gasteiger partial charge in [0.15, 0.2) is 0 Å². The van der Waals surface area contributed by atoms with Crippen molar-refractivity contribution in [3.63, 3.8) is 0 Å². The van der Waals surface area contributed by atoms with E-state index in [1.54, 1.807) is 0 Å². The van der Waals surface area contributed by atoms with E-state index < -0.39 is 0 Å². The molecule has 1 aromatic rings. The molecule has 0 radical (unpaired) electrons. The van der Waals surface area contributed by atoms with Gasteiger partial charge in [0.25, 0.3) is 0 Å². The first-order valence-corrected chi connectivity index (χ1v) is 5.21. The summed E-state index contributed by atoms with van der Waals surface area (Å²) in [7, 11) is 0. The van der Waals surface area contributed by atoms with Gasteiger partial charge in [0.05, 0.1) is 11.5 Å². The Bertz CT molecular complexity index is 371. The van der Waals surface area contributed by atoms with Crippen LogP contribution in [0.15, 0.2) is 24.3 Å². The lowest BCUT2D eigenvalue weighted by Gasteiger charge is -2.08. The van der Waals surface area contributed by atoms with E-state index in [0.29, 0.717) is 5.92 Å². The summed E-state index contributed by atoms with van der Waals surface area (Å²) in [5.41, 5.74) is 2.32. The fourth-order valence-corrected chi connectivity index (χ4v) is 2.23. The molecule has 0 amide bonds. The molecule has 1 heteroatoms. The monoisotopic (exact) mass is 185 g/mol. The standard InChI is InChI=1S/C13H15N/c1-3-11-8-13(11,9-14)12-6-4-10(2)5-7-12/h4-7,11H,3,8H2,1-2H3. The van der Waals surface area contributed by atoms with Crippen LogP contribution in [0.25, 0.3) is 0 Å².